The predicted octanol–water partition coefficient (Wildman–Crippen LogP) is 1.84. The lowest BCUT2D eigenvalue weighted by Crippen LogP contribution is -2.33. The van der Waals surface area contributed by atoms with E-state index in [0.29, 0.717) is 12.1 Å². The Morgan fingerprint density at radius 3 is 2.71 bits per heavy atom. The van der Waals surface area contributed by atoms with Gasteiger partial charge in [0.05, 0.1) is 18.0 Å². The minimum Gasteiger partial charge on any atom is -0.391 e. The fourth-order valence-corrected chi connectivity index (χ4v) is 2.21. The van der Waals surface area contributed by atoms with Gasteiger partial charge in [0, 0.05) is 19.5 Å². The Bertz CT molecular complexity index is 658. The summed E-state index contributed by atoms with van der Waals surface area (Å²) in [6.07, 6.45) is 1.40. The highest BCUT2D eigenvalue weighted by atomic mass is 35.5. The summed E-state index contributed by atoms with van der Waals surface area (Å²) in [6.45, 7) is 1.83. The first-order valence-corrected chi connectivity index (χ1v) is 7.07. The van der Waals surface area contributed by atoms with Gasteiger partial charge in [-0.15, -0.1) is 0 Å². The third kappa shape index (κ3) is 3.83. The number of nitrogens with one attached hydrogen (secondary N) is 1. The van der Waals surface area contributed by atoms with E-state index in [4.69, 9.17) is 11.6 Å². The molecule has 0 aliphatic heterocycles. The molecule has 0 radical (unpaired) electrons. The van der Waals surface area contributed by atoms with Crippen LogP contribution in [0.4, 0.5) is 5.69 Å². The molecule has 21 heavy (non-hydrogen) atoms. The van der Waals surface area contributed by atoms with Gasteiger partial charge in [-0.1, -0.05) is 41.9 Å². The van der Waals surface area contributed by atoms with Crippen LogP contribution in [0.3, 0.4) is 0 Å². The molecule has 2 aromatic rings. The number of aromatic nitrogens is 2. The number of hydrogen-bond donors (Lipinski definition) is 2. The van der Waals surface area contributed by atoms with Crippen LogP contribution in [0.1, 0.15) is 12.5 Å². The monoisotopic (exact) mass is 307 g/mol. The van der Waals surface area contributed by atoms with Crippen molar-refractivity contribution in [3.05, 3.63) is 57.5 Å². The fourth-order valence-electron chi connectivity index (χ4n) is 1.99. The number of rotatable bonds is 5. The van der Waals surface area contributed by atoms with E-state index in [-0.39, 0.29) is 16.6 Å². The van der Waals surface area contributed by atoms with E-state index >= 15 is 0 Å². The number of anilines is 1. The molecule has 2 atom stereocenters. The van der Waals surface area contributed by atoms with Crippen LogP contribution in [0, 0.1) is 0 Å². The van der Waals surface area contributed by atoms with Crippen molar-refractivity contribution in [3.8, 4) is 0 Å². The van der Waals surface area contributed by atoms with Crippen LogP contribution in [-0.4, -0.2) is 27.0 Å². The number of halogens is 1. The Hall–Kier alpha value is -1.85. The van der Waals surface area contributed by atoms with Gasteiger partial charge in [-0.3, -0.25) is 4.79 Å². The van der Waals surface area contributed by atoms with Gasteiger partial charge in [0.1, 0.15) is 5.02 Å². The Balaban J connectivity index is 2.06. The maximum absolute atomic E-state index is 11.7. The third-order valence-corrected chi connectivity index (χ3v) is 3.69. The van der Waals surface area contributed by atoms with Gasteiger partial charge in [-0.2, -0.15) is 5.10 Å². The standard InChI is InChI=1S/C15H18ClN3O2/c1-10(13(20)8-11-6-4-3-5-7-11)18-12-9-17-19(2)15(21)14(12)16/h3-7,9-10,13,18,20H,8H2,1-2H3. The molecule has 0 fully saturated rings. The maximum atomic E-state index is 11.7. The lowest BCUT2D eigenvalue weighted by atomic mass is 10.0. The second-order valence-corrected chi connectivity index (χ2v) is 5.37. The zero-order valence-corrected chi connectivity index (χ0v) is 12.7. The first-order valence-electron chi connectivity index (χ1n) is 6.69. The smallest absolute Gasteiger partial charge is 0.287 e. The Labute approximate surface area is 128 Å². The molecule has 0 aliphatic rings. The molecule has 2 rings (SSSR count). The summed E-state index contributed by atoms with van der Waals surface area (Å²) in [5.74, 6) is 0. The van der Waals surface area contributed by atoms with Gasteiger partial charge in [-0.05, 0) is 12.5 Å². The number of nitrogens with zero attached hydrogens (tertiary/aromatic N) is 2. The van der Waals surface area contributed by atoms with Gasteiger partial charge in [0.2, 0.25) is 0 Å². The highest BCUT2D eigenvalue weighted by Crippen LogP contribution is 2.18. The Kier molecular flexibility index (Phi) is 4.98. The lowest BCUT2D eigenvalue weighted by molar-refractivity contribution is 0.158. The van der Waals surface area contributed by atoms with E-state index in [1.807, 2.05) is 37.3 Å². The number of aliphatic hydroxyl groups is 1. The Morgan fingerprint density at radius 2 is 2.05 bits per heavy atom. The van der Waals surface area contributed by atoms with E-state index in [1.165, 1.54) is 17.9 Å². The third-order valence-electron chi connectivity index (χ3n) is 3.33. The summed E-state index contributed by atoms with van der Waals surface area (Å²) < 4.78 is 1.17. The van der Waals surface area contributed by atoms with E-state index in [9.17, 15) is 9.90 Å². The van der Waals surface area contributed by atoms with Crippen LogP contribution < -0.4 is 10.9 Å². The number of aryl methyl sites for hydroxylation is 1. The molecule has 1 aromatic heterocycles. The van der Waals surface area contributed by atoms with Crippen LogP contribution in [0.25, 0.3) is 0 Å². The highest BCUT2D eigenvalue weighted by molar-refractivity contribution is 6.32. The summed E-state index contributed by atoms with van der Waals surface area (Å²) >= 11 is 5.99. The van der Waals surface area contributed by atoms with Crippen molar-refractivity contribution in [3.63, 3.8) is 0 Å². The number of hydrogen-bond acceptors (Lipinski definition) is 4. The van der Waals surface area contributed by atoms with Crippen LogP contribution >= 0.6 is 11.6 Å². The summed E-state index contributed by atoms with van der Waals surface area (Å²) in [4.78, 5) is 11.7. The largest absolute Gasteiger partial charge is 0.391 e. The molecule has 0 saturated carbocycles. The maximum Gasteiger partial charge on any atom is 0.287 e. The van der Waals surface area contributed by atoms with Gasteiger partial charge in [0.25, 0.3) is 5.56 Å². The summed E-state index contributed by atoms with van der Waals surface area (Å²) in [6, 6.07) is 9.45. The van der Waals surface area contributed by atoms with Crippen molar-refractivity contribution in [1.82, 2.24) is 9.78 Å². The van der Waals surface area contributed by atoms with Gasteiger partial charge in [-0.25, -0.2) is 4.68 Å². The molecule has 0 spiro atoms. The van der Waals surface area contributed by atoms with Crippen molar-refractivity contribution in [2.45, 2.75) is 25.5 Å². The fraction of sp³-hybridized carbons (Fsp3) is 0.333. The summed E-state index contributed by atoms with van der Waals surface area (Å²) in [5, 5.41) is 17.3. The van der Waals surface area contributed by atoms with Crippen LogP contribution in [0.5, 0.6) is 0 Å². The second-order valence-electron chi connectivity index (χ2n) is 4.99. The highest BCUT2D eigenvalue weighted by Gasteiger charge is 2.17. The first kappa shape index (κ1) is 15.5. The molecule has 6 heteroatoms. The predicted molar refractivity (Wildman–Crippen MR) is 83.7 cm³/mol. The number of benzene rings is 1. The minimum absolute atomic E-state index is 0.0752. The average Bonchev–Trinajstić information content (AvgIpc) is 2.48. The molecule has 0 amide bonds. The molecule has 2 unspecified atom stereocenters. The molecule has 1 heterocycles. The quantitative estimate of drug-likeness (QED) is 0.884. The second kappa shape index (κ2) is 6.74. The van der Waals surface area contributed by atoms with Gasteiger partial charge >= 0.3 is 0 Å². The van der Waals surface area contributed by atoms with E-state index < -0.39 is 6.10 Å². The summed E-state index contributed by atoms with van der Waals surface area (Å²) in [7, 11) is 1.53. The number of aliphatic hydroxyl groups excluding tert-OH is 1. The van der Waals surface area contributed by atoms with Crippen molar-refractivity contribution in [2.75, 3.05) is 5.32 Å². The van der Waals surface area contributed by atoms with E-state index in [0.717, 1.165) is 5.56 Å². The van der Waals surface area contributed by atoms with Crippen molar-refractivity contribution in [1.29, 1.82) is 0 Å². The lowest BCUT2D eigenvalue weighted by Gasteiger charge is -2.21. The minimum atomic E-state index is -0.604. The van der Waals surface area contributed by atoms with Crippen LogP contribution in [0.2, 0.25) is 5.02 Å². The van der Waals surface area contributed by atoms with E-state index in [1.54, 1.807) is 0 Å². The molecule has 0 bridgehead atoms. The van der Waals surface area contributed by atoms with Crippen LogP contribution in [0.15, 0.2) is 41.3 Å². The average molecular weight is 308 g/mol. The van der Waals surface area contributed by atoms with E-state index in [2.05, 4.69) is 10.4 Å². The normalized spacial score (nSPS) is 13.7. The molecule has 5 nitrogen and oxygen atoms in total. The molecule has 0 saturated heterocycles. The zero-order chi connectivity index (χ0) is 15.4. The van der Waals surface area contributed by atoms with Gasteiger partial charge in [0.15, 0.2) is 0 Å². The van der Waals surface area contributed by atoms with Crippen molar-refractivity contribution < 1.29 is 5.11 Å². The summed E-state index contributed by atoms with van der Waals surface area (Å²) in [5.41, 5.74) is 1.11. The topological polar surface area (TPSA) is 67.2 Å². The molecule has 0 aliphatic carbocycles. The molecule has 2 N–H and O–H groups in total. The molecular formula is C15H18ClN3O2. The van der Waals surface area contributed by atoms with Gasteiger partial charge < -0.3 is 10.4 Å². The SMILES string of the molecule is CC(Nc1cnn(C)c(=O)c1Cl)C(O)Cc1ccccc1. The molecular weight excluding hydrogens is 290 g/mol. The van der Waals surface area contributed by atoms with Crippen LogP contribution in [-0.2, 0) is 13.5 Å². The molecule has 1 aromatic carbocycles. The van der Waals surface area contributed by atoms with Crippen molar-refractivity contribution in [2.24, 2.45) is 7.05 Å². The van der Waals surface area contributed by atoms with Crippen molar-refractivity contribution >= 4 is 17.3 Å². The molecule has 112 valence electrons. The Morgan fingerprint density at radius 1 is 1.38 bits per heavy atom. The zero-order valence-electron chi connectivity index (χ0n) is 12.0. The first-order chi connectivity index (χ1) is 9.99.